The molecule has 0 amide bonds. The number of pyridine rings is 1. The summed E-state index contributed by atoms with van der Waals surface area (Å²) in [5, 5.41) is 9.70. The van der Waals surface area contributed by atoms with Crippen molar-refractivity contribution in [3.05, 3.63) is 102 Å². The highest BCUT2D eigenvalue weighted by Crippen LogP contribution is 2.22. The van der Waals surface area contributed by atoms with Crippen LogP contribution in [0.25, 0.3) is 10.9 Å². The quantitative estimate of drug-likeness (QED) is 0.477. The number of benzene rings is 3. The number of hydrogen-bond donors (Lipinski definition) is 2. The molecule has 0 saturated carbocycles. The highest BCUT2D eigenvalue weighted by Gasteiger charge is 2.16. The Labute approximate surface area is 179 Å². The molecule has 0 bridgehead atoms. The lowest BCUT2D eigenvalue weighted by Gasteiger charge is -2.10. The minimum Gasteiger partial charge on any atom is -0.478 e. The minimum absolute atomic E-state index is 0.125. The van der Waals surface area contributed by atoms with Gasteiger partial charge in [0.05, 0.1) is 21.7 Å². The number of carbonyl (C=O) groups is 1. The zero-order chi connectivity index (χ0) is 21.8. The summed E-state index contributed by atoms with van der Waals surface area (Å²) in [7, 11) is -3.84. The topological polar surface area (TPSA) is 96.4 Å². The Balaban J connectivity index is 1.63. The molecule has 0 aliphatic heterocycles. The summed E-state index contributed by atoms with van der Waals surface area (Å²) in [6.45, 7) is 0. The molecule has 0 fully saturated rings. The molecule has 6 nitrogen and oxygen atoms in total. The van der Waals surface area contributed by atoms with Crippen molar-refractivity contribution in [1.82, 2.24) is 4.98 Å². The number of aromatic carboxylic acids is 1. The van der Waals surface area contributed by atoms with Gasteiger partial charge in [0.2, 0.25) is 0 Å². The number of rotatable bonds is 4. The summed E-state index contributed by atoms with van der Waals surface area (Å²) in [5.41, 5.74) is 2.34. The van der Waals surface area contributed by atoms with E-state index in [1.165, 1.54) is 18.2 Å². The van der Waals surface area contributed by atoms with Crippen molar-refractivity contribution in [2.75, 3.05) is 4.72 Å². The molecule has 0 radical (unpaired) electrons. The van der Waals surface area contributed by atoms with Crippen LogP contribution in [0.5, 0.6) is 0 Å². The van der Waals surface area contributed by atoms with E-state index < -0.39 is 16.0 Å². The van der Waals surface area contributed by atoms with Gasteiger partial charge in [0.25, 0.3) is 10.0 Å². The largest absolute Gasteiger partial charge is 0.478 e. The maximum absolute atomic E-state index is 12.9. The molecule has 0 unspecified atom stereocenters. The van der Waals surface area contributed by atoms with E-state index in [0.717, 1.165) is 5.39 Å². The predicted octanol–water partition coefficient (Wildman–Crippen LogP) is 4.13. The Morgan fingerprint density at radius 3 is 2.45 bits per heavy atom. The number of nitrogens with one attached hydrogen (secondary N) is 1. The fraction of sp³-hybridized carbons (Fsp3) is 0. The predicted molar refractivity (Wildman–Crippen MR) is 118 cm³/mol. The number of para-hydroxylation sites is 1. The molecule has 31 heavy (non-hydrogen) atoms. The molecular weight excluding hydrogens is 412 g/mol. The molecule has 1 aromatic heterocycles. The second kappa shape index (κ2) is 8.30. The van der Waals surface area contributed by atoms with Gasteiger partial charge < -0.3 is 5.11 Å². The molecule has 152 valence electrons. The van der Waals surface area contributed by atoms with Crippen LogP contribution in [0.15, 0.2) is 90.0 Å². The third-order valence-electron chi connectivity index (χ3n) is 4.53. The molecule has 2 N–H and O–H groups in total. The monoisotopic (exact) mass is 428 g/mol. The van der Waals surface area contributed by atoms with Crippen molar-refractivity contribution in [3.8, 4) is 11.8 Å². The van der Waals surface area contributed by atoms with Crippen LogP contribution in [0, 0.1) is 11.8 Å². The fourth-order valence-electron chi connectivity index (χ4n) is 2.94. The van der Waals surface area contributed by atoms with Crippen LogP contribution in [0.4, 0.5) is 5.69 Å². The Bertz CT molecular complexity index is 1450. The van der Waals surface area contributed by atoms with Gasteiger partial charge >= 0.3 is 5.97 Å². The zero-order valence-corrected chi connectivity index (χ0v) is 16.9. The molecular formula is C24H16N2O4S. The van der Waals surface area contributed by atoms with Gasteiger partial charge in [-0.1, -0.05) is 30.0 Å². The molecule has 7 heteroatoms. The number of hydrogen-bond acceptors (Lipinski definition) is 4. The summed E-state index contributed by atoms with van der Waals surface area (Å²) in [4.78, 5) is 15.3. The Kier molecular flexibility index (Phi) is 5.39. The van der Waals surface area contributed by atoms with E-state index in [1.807, 2.05) is 0 Å². The van der Waals surface area contributed by atoms with Crippen LogP contribution in [0.3, 0.4) is 0 Å². The van der Waals surface area contributed by atoms with Crippen LogP contribution in [-0.2, 0) is 10.0 Å². The lowest BCUT2D eigenvalue weighted by atomic mass is 10.1. The highest BCUT2D eigenvalue weighted by molar-refractivity contribution is 7.92. The zero-order valence-electron chi connectivity index (χ0n) is 16.1. The summed E-state index contributed by atoms with van der Waals surface area (Å²) in [5.74, 6) is 4.87. The molecule has 0 atom stereocenters. The minimum atomic E-state index is -3.84. The van der Waals surface area contributed by atoms with Gasteiger partial charge in [0, 0.05) is 22.7 Å². The Morgan fingerprint density at radius 1 is 0.903 bits per heavy atom. The lowest BCUT2D eigenvalue weighted by Crippen LogP contribution is -2.13. The highest BCUT2D eigenvalue weighted by atomic mass is 32.2. The van der Waals surface area contributed by atoms with Gasteiger partial charge in [-0.2, -0.15) is 0 Å². The van der Waals surface area contributed by atoms with Crippen LogP contribution >= 0.6 is 0 Å². The van der Waals surface area contributed by atoms with E-state index in [0.29, 0.717) is 22.3 Å². The fourth-order valence-corrected chi connectivity index (χ4v) is 4.06. The van der Waals surface area contributed by atoms with Gasteiger partial charge in [0.15, 0.2) is 0 Å². The van der Waals surface area contributed by atoms with Crippen molar-refractivity contribution in [2.45, 2.75) is 4.90 Å². The third kappa shape index (κ3) is 4.55. The van der Waals surface area contributed by atoms with Crippen molar-refractivity contribution in [1.29, 1.82) is 0 Å². The van der Waals surface area contributed by atoms with E-state index in [1.54, 1.807) is 66.9 Å². The molecule has 3 aromatic carbocycles. The number of sulfonamides is 1. The normalized spacial score (nSPS) is 10.8. The van der Waals surface area contributed by atoms with E-state index in [4.69, 9.17) is 5.11 Å². The standard InChI is InChI=1S/C24H16N2O4S/c27-24(28)19-11-8-17(9-12-19)7-10-18-4-1-2-6-23(18)26-31(29,30)21-13-14-22-20(16-21)5-3-15-25-22/h1-6,8-9,11-16,26H,(H,27,28). The van der Waals surface area contributed by atoms with Gasteiger partial charge in [-0.15, -0.1) is 0 Å². The number of anilines is 1. The average molecular weight is 428 g/mol. The number of aromatic nitrogens is 1. The molecule has 0 aliphatic carbocycles. The summed E-state index contributed by atoms with van der Waals surface area (Å²) >= 11 is 0. The Hall–Kier alpha value is -4.15. The third-order valence-corrected chi connectivity index (χ3v) is 5.89. The first-order chi connectivity index (χ1) is 14.9. The molecule has 4 rings (SSSR count). The number of nitrogens with zero attached hydrogens (tertiary/aromatic N) is 1. The van der Waals surface area contributed by atoms with E-state index in [9.17, 15) is 13.2 Å². The molecule has 0 aliphatic rings. The van der Waals surface area contributed by atoms with E-state index in [-0.39, 0.29) is 10.5 Å². The summed E-state index contributed by atoms with van der Waals surface area (Å²) in [6.07, 6.45) is 1.65. The maximum atomic E-state index is 12.9. The first kappa shape index (κ1) is 20.1. The molecule has 0 saturated heterocycles. The first-order valence-electron chi connectivity index (χ1n) is 9.24. The van der Waals surface area contributed by atoms with Crippen LogP contribution in [-0.4, -0.2) is 24.5 Å². The second-order valence-corrected chi connectivity index (χ2v) is 8.32. The first-order valence-corrected chi connectivity index (χ1v) is 10.7. The summed E-state index contributed by atoms with van der Waals surface area (Å²) < 4.78 is 28.5. The Morgan fingerprint density at radius 2 is 1.68 bits per heavy atom. The van der Waals surface area contributed by atoms with Crippen LogP contribution in [0.1, 0.15) is 21.5 Å². The van der Waals surface area contributed by atoms with Gasteiger partial charge in [-0.3, -0.25) is 9.71 Å². The number of carboxylic acid groups (broad SMARTS) is 1. The van der Waals surface area contributed by atoms with Crippen molar-refractivity contribution < 1.29 is 18.3 Å². The number of carboxylic acids is 1. The molecule has 1 heterocycles. The SMILES string of the molecule is O=C(O)c1ccc(C#Cc2ccccc2NS(=O)(=O)c2ccc3ncccc3c2)cc1. The van der Waals surface area contributed by atoms with Gasteiger partial charge in [-0.05, 0) is 60.7 Å². The average Bonchev–Trinajstić information content (AvgIpc) is 2.78. The van der Waals surface area contributed by atoms with Crippen LogP contribution in [0.2, 0.25) is 0 Å². The van der Waals surface area contributed by atoms with Crippen molar-refractivity contribution in [2.24, 2.45) is 0 Å². The van der Waals surface area contributed by atoms with E-state index >= 15 is 0 Å². The van der Waals surface area contributed by atoms with Crippen molar-refractivity contribution >= 4 is 32.6 Å². The molecule has 0 spiro atoms. The number of fused-ring (bicyclic) bond motifs is 1. The molecule has 4 aromatic rings. The van der Waals surface area contributed by atoms with Crippen LogP contribution < -0.4 is 4.72 Å². The lowest BCUT2D eigenvalue weighted by molar-refractivity contribution is 0.0697. The van der Waals surface area contributed by atoms with Crippen molar-refractivity contribution in [3.63, 3.8) is 0 Å². The second-order valence-electron chi connectivity index (χ2n) is 6.64. The van der Waals surface area contributed by atoms with Gasteiger partial charge in [0.1, 0.15) is 0 Å². The van der Waals surface area contributed by atoms with E-state index in [2.05, 4.69) is 21.5 Å². The van der Waals surface area contributed by atoms with Gasteiger partial charge in [-0.25, -0.2) is 13.2 Å². The summed E-state index contributed by atoms with van der Waals surface area (Å²) in [6, 6.07) is 21.3. The maximum Gasteiger partial charge on any atom is 0.335 e. The smallest absolute Gasteiger partial charge is 0.335 e.